The van der Waals surface area contributed by atoms with E-state index in [1.807, 2.05) is 39.0 Å². The summed E-state index contributed by atoms with van der Waals surface area (Å²) >= 11 is 0. The molecule has 3 aromatic rings. The second kappa shape index (κ2) is 9.46. The highest BCUT2D eigenvalue weighted by Crippen LogP contribution is 2.26. The molecule has 0 saturated heterocycles. The molecule has 2 amide bonds. The van der Waals surface area contributed by atoms with Crippen LogP contribution in [0, 0.1) is 6.92 Å². The molecule has 0 fully saturated rings. The minimum atomic E-state index is -1.07. The molecule has 0 radical (unpaired) electrons. The molecular weight excluding hydrogens is 412 g/mol. The molecule has 1 unspecified atom stereocenters. The summed E-state index contributed by atoms with van der Waals surface area (Å²) in [5.74, 6) is 1.32. The van der Waals surface area contributed by atoms with E-state index in [-0.39, 0.29) is 5.95 Å². The molecule has 1 atom stereocenters. The molecule has 168 valence electrons. The highest BCUT2D eigenvalue weighted by atomic mass is 16.4. The van der Waals surface area contributed by atoms with E-state index >= 15 is 0 Å². The normalized spacial score (nSPS) is 12.2. The zero-order chi connectivity index (χ0) is 23.3. The maximum absolute atomic E-state index is 11.4. The molecule has 0 aliphatic rings. The quantitative estimate of drug-likeness (QED) is 0.372. The number of rotatable bonds is 9. The number of pyridine rings is 1. The number of carbonyl (C=O) groups excluding carboxylic acids is 1. The standard InChI is InChI=1S/C22H26N6O4/c1-13-7-8-18(32-13)16-11-17(27-20(23)26-16)19(24-12-29)15-6-4-5-14(25-15)9-10-22(2,3)28-21(30)31/h4-8,11-12,19,28H,9-10H2,1-3H3,(H,24,29)(H,30,31)(H2,23,26,27). The maximum atomic E-state index is 11.4. The lowest BCUT2D eigenvalue weighted by Gasteiger charge is -2.24. The Balaban J connectivity index is 1.89. The smallest absolute Gasteiger partial charge is 0.405 e. The molecule has 0 saturated carbocycles. The Morgan fingerprint density at radius 2 is 2.00 bits per heavy atom. The summed E-state index contributed by atoms with van der Waals surface area (Å²) in [5.41, 5.74) is 7.60. The van der Waals surface area contributed by atoms with Crippen molar-refractivity contribution in [3.63, 3.8) is 0 Å². The van der Waals surface area contributed by atoms with Gasteiger partial charge in [0.05, 0.1) is 11.4 Å². The van der Waals surface area contributed by atoms with Crippen molar-refractivity contribution in [2.45, 2.75) is 45.2 Å². The molecule has 10 heteroatoms. The van der Waals surface area contributed by atoms with E-state index < -0.39 is 17.7 Å². The Hall–Kier alpha value is -3.95. The fraction of sp³-hybridized carbons (Fsp3) is 0.318. The van der Waals surface area contributed by atoms with Gasteiger partial charge in [-0.1, -0.05) is 6.07 Å². The first-order valence-corrected chi connectivity index (χ1v) is 10.0. The third-order valence-electron chi connectivity index (χ3n) is 4.86. The second-order valence-corrected chi connectivity index (χ2v) is 8.03. The topological polar surface area (TPSA) is 156 Å². The Kier molecular flexibility index (Phi) is 6.72. The molecule has 0 aliphatic carbocycles. The highest BCUT2D eigenvalue weighted by Gasteiger charge is 2.22. The highest BCUT2D eigenvalue weighted by molar-refractivity contribution is 5.65. The lowest BCUT2D eigenvalue weighted by Crippen LogP contribution is -2.42. The monoisotopic (exact) mass is 438 g/mol. The van der Waals surface area contributed by atoms with Crippen LogP contribution in [0.5, 0.6) is 0 Å². The number of hydrogen-bond acceptors (Lipinski definition) is 7. The Morgan fingerprint density at radius 3 is 2.66 bits per heavy atom. The van der Waals surface area contributed by atoms with Crippen molar-refractivity contribution in [2.24, 2.45) is 0 Å². The Bertz CT molecular complexity index is 1110. The number of amides is 2. The van der Waals surface area contributed by atoms with Gasteiger partial charge in [-0.2, -0.15) is 0 Å². The number of hydrogen-bond donors (Lipinski definition) is 4. The van der Waals surface area contributed by atoms with Crippen molar-refractivity contribution in [3.8, 4) is 11.5 Å². The average Bonchev–Trinajstić information content (AvgIpc) is 3.16. The van der Waals surface area contributed by atoms with Gasteiger partial charge in [-0.25, -0.2) is 14.8 Å². The maximum Gasteiger partial charge on any atom is 0.405 e. The zero-order valence-corrected chi connectivity index (χ0v) is 18.1. The molecule has 3 aromatic heterocycles. The van der Waals surface area contributed by atoms with Crippen molar-refractivity contribution < 1.29 is 19.1 Å². The third-order valence-corrected chi connectivity index (χ3v) is 4.86. The predicted molar refractivity (Wildman–Crippen MR) is 118 cm³/mol. The number of aryl methyl sites for hydroxylation is 2. The van der Waals surface area contributed by atoms with Gasteiger partial charge in [-0.05, 0) is 63.9 Å². The van der Waals surface area contributed by atoms with Gasteiger partial charge < -0.3 is 25.9 Å². The van der Waals surface area contributed by atoms with Gasteiger partial charge in [0.2, 0.25) is 12.4 Å². The van der Waals surface area contributed by atoms with E-state index in [2.05, 4.69) is 25.6 Å². The van der Waals surface area contributed by atoms with Crippen molar-refractivity contribution in [3.05, 3.63) is 59.2 Å². The van der Waals surface area contributed by atoms with Gasteiger partial charge in [-0.15, -0.1) is 0 Å². The third kappa shape index (κ3) is 5.81. The number of furan rings is 1. The van der Waals surface area contributed by atoms with Gasteiger partial charge >= 0.3 is 6.09 Å². The molecule has 3 heterocycles. The first kappa shape index (κ1) is 22.7. The molecular formula is C22H26N6O4. The number of nitrogens with zero attached hydrogens (tertiary/aromatic N) is 3. The number of aromatic nitrogens is 3. The van der Waals surface area contributed by atoms with Crippen LogP contribution in [0.2, 0.25) is 0 Å². The summed E-state index contributed by atoms with van der Waals surface area (Å²) in [7, 11) is 0. The van der Waals surface area contributed by atoms with E-state index in [1.165, 1.54) is 0 Å². The number of carboxylic acid groups (broad SMARTS) is 1. The lowest BCUT2D eigenvalue weighted by molar-refractivity contribution is -0.110. The lowest BCUT2D eigenvalue weighted by atomic mass is 9.97. The van der Waals surface area contributed by atoms with Crippen molar-refractivity contribution in [2.75, 3.05) is 5.73 Å². The Morgan fingerprint density at radius 1 is 1.22 bits per heavy atom. The van der Waals surface area contributed by atoms with Gasteiger partial charge in [0.15, 0.2) is 5.76 Å². The van der Waals surface area contributed by atoms with Crippen LogP contribution in [-0.4, -0.2) is 38.1 Å². The van der Waals surface area contributed by atoms with Crippen LogP contribution < -0.4 is 16.4 Å². The van der Waals surface area contributed by atoms with E-state index in [9.17, 15) is 9.59 Å². The van der Waals surface area contributed by atoms with E-state index in [4.69, 9.17) is 15.3 Å². The number of nitrogen functional groups attached to an aromatic ring is 1. The van der Waals surface area contributed by atoms with Crippen molar-refractivity contribution in [1.82, 2.24) is 25.6 Å². The summed E-state index contributed by atoms with van der Waals surface area (Å²) in [6.07, 6.45) is 0.589. The molecule has 0 aromatic carbocycles. The molecule has 3 rings (SSSR count). The number of anilines is 1. The SMILES string of the molecule is Cc1ccc(-c2cc(C(NC=O)c3cccc(CCC(C)(C)NC(=O)O)n3)nc(N)n2)o1. The van der Waals surface area contributed by atoms with Crippen LogP contribution in [0.1, 0.15) is 49.2 Å². The zero-order valence-electron chi connectivity index (χ0n) is 18.1. The van der Waals surface area contributed by atoms with Crippen molar-refractivity contribution >= 4 is 18.5 Å². The summed E-state index contributed by atoms with van der Waals surface area (Å²) in [6, 6.07) is 10.1. The summed E-state index contributed by atoms with van der Waals surface area (Å²) < 4.78 is 5.64. The molecule has 5 N–H and O–H groups in total. The summed E-state index contributed by atoms with van der Waals surface area (Å²) in [4.78, 5) is 35.5. The van der Waals surface area contributed by atoms with Crippen LogP contribution in [0.4, 0.5) is 10.7 Å². The van der Waals surface area contributed by atoms with Gasteiger partial charge in [0.25, 0.3) is 0 Å². The van der Waals surface area contributed by atoms with Gasteiger partial charge in [-0.3, -0.25) is 9.78 Å². The van der Waals surface area contributed by atoms with Crippen LogP contribution in [-0.2, 0) is 11.2 Å². The minimum Gasteiger partial charge on any atom is -0.465 e. The average molecular weight is 438 g/mol. The fourth-order valence-electron chi connectivity index (χ4n) is 3.31. The first-order valence-electron chi connectivity index (χ1n) is 10.0. The second-order valence-electron chi connectivity index (χ2n) is 8.03. The van der Waals surface area contributed by atoms with E-state index in [0.717, 1.165) is 11.5 Å². The minimum absolute atomic E-state index is 0.0434. The molecule has 0 spiro atoms. The Labute approximate surface area is 185 Å². The predicted octanol–water partition coefficient (Wildman–Crippen LogP) is 2.84. The van der Waals surface area contributed by atoms with Crippen LogP contribution in [0.3, 0.4) is 0 Å². The first-order chi connectivity index (χ1) is 15.2. The number of nitrogens with two attached hydrogens (primary N) is 1. The summed E-state index contributed by atoms with van der Waals surface area (Å²) in [6.45, 7) is 5.45. The fourth-order valence-corrected chi connectivity index (χ4v) is 3.31. The van der Waals surface area contributed by atoms with E-state index in [0.29, 0.717) is 42.1 Å². The van der Waals surface area contributed by atoms with Crippen LogP contribution in [0.15, 0.2) is 40.8 Å². The van der Waals surface area contributed by atoms with Gasteiger partial charge in [0, 0.05) is 11.2 Å². The number of carbonyl (C=O) groups is 2. The molecule has 32 heavy (non-hydrogen) atoms. The largest absolute Gasteiger partial charge is 0.465 e. The van der Waals surface area contributed by atoms with Gasteiger partial charge in [0.1, 0.15) is 17.5 Å². The van der Waals surface area contributed by atoms with E-state index in [1.54, 1.807) is 18.2 Å². The van der Waals surface area contributed by atoms with Crippen LogP contribution >= 0.6 is 0 Å². The molecule has 0 bridgehead atoms. The number of nitrogens with one attached hydrogen (secondary N) is 2. The molecule has 0 aliphatic heterocycles. The summed E-state index contributed by atoms with van der Waals surface area (Å²) in [5, 5.41) is 14.2. The van der Waals surface area contributed by atoms with Crippen LogP contribution in [0.25, 0.3) is 11.5 Å². The molecule has 10 nitrogen and oxygen atoms in total. The van der Waals surface area contributed by atoms with Crippen molar-refractivity contribution in [1.29, 1.82) is 0 Å².